The van der Waals surface area contributed by atoms with Crippen LogP contribution in [0.3, 0.4) is 0 Å². The van der Waals surface area contributed by atoms with Crippen molar-refractivity contribution in [2.75, 3.05) is 6.61 Å². The molecule has 0 amide bonds. The second-order valence-electron chi connectivity index (χ2n) is 5.19. The summed E-state index contributed by atoms with van der Waals surface area (Å²) >= 11 is 6.30. The van der Waals surface area contributed by atoms with Gasteiger partial charge in [-0.05, 0) is 42.3 Å². The van der Waals surface area contributed by atoms with Gasteiger partial charge >= 0.3 is 0 Å². The number of rotatable bonds is 6. The van der Waals surface area contributed by atoms with Gasteiger partial charge in [0.2, 0.25) is 5.89 Å². The highest BCUT2D eigenvalue weighted by atomic mass is 35.5. The first-order valence-electron chi connectivity index (χ1n) is 7.75. The molecule has 0 fully saturated rings. The van der Waals surface area contributed by atoms with Crippen molar-refractivity contribution >= 4 is 22.7 Å². The Morgan fingerprint density at radius 2 is 1.83 bits per heavy atom. The maximum absolute atomic E-state index is 6.30. The van der Waals surface area contributed by atoms with Gasteiger partial charge in [0.05, 0.1) is 6.61 Å². The minimum Gasteiger partial charge on any atom is -0.494 e. The molecule has 0 saturated carbocycles. The SMILES string of the molecule is CCCOc1ccc(/C=C(\Cl)c2nnc(-c3ccccc3)o2)cc1. The Kier molecular flexibility index (Phi) is 5.29. The van der Waals surface area contributed by atoms with Gasteiger partial charge < -0.3 is 9.15 Å². The highest BCUT2D eigenvalue weighted by Gasteiger charge is 2.11. The van der Waals surface area contributed by atoms with E-state index in [9.17, 15) is 0 Å². The molecule has 4 nitrogen and oxygen atoms in total. The molecule has 0 bridgehead atoms. The smallest absolute Gasteiger partial charge is 0.259 e. The first kappa shape index (κ1) is 16.3. The van der Waals surface area contributed by atoms with Crippen LogP contribution in [0.25, 0.3) is 22.6 Å². The second-order valence-corrected chi connectivity index (χ2v) is 5.60. The number of hydrogen-bond donors (Lipinski definition) is 0. The van der Waals surface area contributed by atoms with Crippen molar-refractivity contribution in [2.24, 2.45) is 0 Å². The van der Waals surface area contributed by atoms with Crippen LogP contribution < -0.4 is 4.74 Å². The summed E-state index contributed by atoms with van der Waals surface area (Å²) in [6.07, 6.45) is 2.77. The largest absolute Gasteiger partial charge is 0.494 e. The third-order valence-corrected chi connectivity index (χ3v) is 3.57. The van der Waals surface area contributed by atoms with Crippen molar-refractivity contribution in [2.45, 2.75) is 13.3 Å². The van der Waals surface area contributed by atoms with E-state index in [2.05, 4.69) is 17.1 Å². The van der Waals surface area contributed by atoms with Gasteiger partial charge in [0.15, 0.2) is 0 Å². The molecule has 1 heterocycles. The maximum Gasteiger partial charge on any atom is 0.259 e. The zero-order valence-corrected chi connectivity index (χ0v) is 14.0. The monoisotopic (exact) mass is 340 g/mol. The highest BCUT2D eigenvalue weighted by molar-refractivity contribution is 6.50. The van der Waals surface area contributed by atoms with Crippen LogP contribution in [0.1, 0.15) is 24.8 Å². The minimum absolute atomic E-state index is 0.293. The topological polar surface area (TPSA) is 48.2 Å². The van der Waals surface area contributed by atoms with E-state index in [1.54, 1.807) is 6.08 Å². The molecule has 0 aliphatic heterocycles. The minimum atomic E-state index is 0.293. The summed E-state index contributed by atoms with van der Waals surface area (Å²) in [5, 5.41) is 8.44. The third kappa shape index (κ3) is 4.03. The molecule has 0 aliphatic carbocycles. The van der Waals surface area contributed by atoms with Gasteiger partial charge in [-0.15, -0.1) is 10.2 Å². The quantitative estimate of drug-likeness (QED) is 0.614. The molecule has 0 radical (unpaired) electrons. The van der Waals surface area contributed by atoms with Crippen LogP contribution in [-0.2, 0) is 0 Å². The van der Waals surface area contributed by atoms with Gasteiger partial charge in [0.1, 0.15) is 10.8 Å². The molecule has 2 aromatic carbocycles. The van der Waals surface area contributed by atoms with Crippen molar-refractivity contribution < 1.29 is 9.15 Å². The summed E-state index contributed by atoms with van der Waals surface area (Å²) in [5.41, 5.74) is 1.79. The number of ether oxygens (including phenoxy) is 1. The molecule has 5 heteroatoms. The highest BCUT2D eigenvalue weighted by Crippen LogP contribution is 2.25. The molecule has 24 heavy (non-hydrogen) atoms. The molecule has 0 spiro atoms. The van der Waals surface area contributed by atoms with E-state index < -0.39 is 0 Å². The lowest BCUT2D eigenvalue weighted by Crippen LogP contribution is -1.94. The van der Waals surface area contributed by atoms with Gasteiger partial charge in [-0.25, -0.2) is 0 Å². The van der Waals surface area contributed by atoms with Crippen LogP contribution in [0, 0.1) is 0 Å². The zero-order chi connectivity index (χ0) is 16.8. The van der Waals surface area contributed by atoms with Crippen LogP contribution in [-0.4, -0.2) is 16.8 Å². The number of nitrogens with zero attached hydrogens (tertiary/aromatic N) is 2. The number of hydrogen-bond acceptors (Lipinski definition) is 4. The summed E-state index contributed by atoms with van der Waals surface area (Å²) in [6.45, 7) is 2.78. The van der Waals surface area contributed by atoms with E-state index >= 15 is 0 Å². The summed E-state index contributed by atoms with van der Waals surface area (Å²) in [7, 11) is 0. The van der Waals surface area contributed by atoms with Gasteiger partial charge in [0, 0.05) is 5.56 Å². The molecule has 0 saturated heterocycles. The third-order valence-electron chi connectivity index (χ3n) is 3.30. The van der Waals surface area contributed by atoms with E-state index in [4.69, 9.17) is 20.8 Å². The Hall–Kier alpha value is -2.59. The Balaban J connectivity index is 1.75. The standard InChI is InChI=1S/C19H17ClN2O2/c1-2-12-23-16-10-8-14(9-11-16)13-17(20)19-22-21-18(24-19)15-6-4-3-5-7-15/h3-11,13H,2,12H2,1H3/b17-13-. The summed E-state index contributed by atoms with van der Waals surface area (Å²) in [4.78, 5) is 0. The Labute approximate surface area is 145 Å². The van der Waals surface area contributed by atoms with Crippen molar-refractivity contribution in [3.63, 3.8) is 0 Å². The molecule has 3 aromatic rings. The molecular formula is C19H17ClN2O2. The molecule has 0 N–H and O–H groups in total. The fourth-order valence-corrected chi connectivity index (χ4v) is 2.31. The van der Waals surface area contributed by atoms with Gasteiger partial charge in [-0.2, -0.15) is 0 Å². The van der Waals surface area contributed by atoms with Crippen LogP contribution in [0.4, 0.5) is 0 Å². The number of benzene rings is 2. The molecule has 0 aliphatic rings. The van der Waals surface area contributed by atoms with E-state index in [-0.39, 0.29) is 0 Å². The maximum atomic E-state index is 6.30. The number of halogens is 1. The summed E-state index contributed by atoms with van der Waals surface area (Å²) in [5.74, 6) is 1.58. The van der Waals surface area contributed by atoms with Crippen molar-refractivity contribution in [1.29, 1.82) is 0 Å². The van der Waals surface area contributed by atoms with E-state index in [0.717, 1.165) is 23.3 Å². The molecule has 0 atom stereocenters. The summed E-state index contributed by atoms with van der Waals surface area (Å²) in [6, 6.07) is 17.3. The fraction of sp³-hybridized carbons (Fsp3) is 0.158. The van der Waals surface area contributed by atoms with Crippen molar-refractivity contribution in [3.8, 4) is 17.2 Å². The van der Waals surface area contributed by atoms with Gasteiger partial charge in [0.25, 0.3) is 5.89 Å². The van der Waals surface area contributed by atoms with Crippen LogP contribution in [0.15, 0.2) is 59.0 Å². The van der Waals surface area contributed by atoms with Crippen LogP contribution >= 0.6 is 11.6 Å². The summed E-state index contributed by atoms with van der Waals surface area (Å²) < 4.78 is 11.2. The normalized spacial score (nSPS) is 11.5. The first-order valence-corrected chi connectivity index (χ1v) is 8.13. The van der Waals surface area contributed by atoms with E-state index in [1.807, 2.05) is 54.6 Å². The fourth-order valence-electron chi connectivity index (χ4n) is 2.11. The van der Waals surface area contributed by atoms with Crippen LogP contribution in [0.5, 0.6) is 5.75 Å². The first-order chi connectivity index (χ1) is 11.8. The Morgan fingerprint density at radius 1 is 1.08 bits per heavy atom. The predicted octanol–water partition coefficient (Wildman–Crippen LogP) is 5.26. The molecular weight excluding hydrogens is 324 g/mol. The number of aromatic nitrogens is 2. The molecule has 122 valence electrons. The van der Waals surface area contributed by atoms with Crippen molar-refractivity contribution in [3.05, 3.63) is 66.1 Å². The Bertz CT molecular complexity index is 811. The zero-order valence-electron chi connectivity index (χ0n) is 13.3. The van der Waals surface area contributed by atoms with E-state index in [1.165, 1.54) is 0 Å². The molecule has 3 rings (SSSR count). The Morgan fingerprint density at radius 3 is 2.54 bits per heavy atom. The average molecular weight is 341 g/mol. The predicted molar refractivity (Wildman–Crippen MR) is 95.7 cm³/mol. The van der Waals surface area contributed by atoms with Gasteiger partial charge in [-0.3, -0.25) is 0 Å². The lowest BCUT2D eigenvalue weighted by Gasteiger charge is -2.04. The molecule has 0 unspecified atom stereocenters. The van der Waals surface area contributed by atoms with Crippen molar-refractivity contribution in [1.82, 2.24) is 10.2 Å². The second kappa shape index (κ2) is 7.79. The van der Waals surface area contributed by atoms with Crippen LogP contribution in [0.2, 0.25) is 0 Å². The van der Waals surface area contributed by atoms with Gasteiger partial charge in [-0.1, -0.05) is 48.9 Å². The average Bonchev–Trinajstić information content (AvgIpc) is 3.12. The molecule has 1 aromatic heterocycles. The lowest BCUT2D eigenvalue weighted by molar-refractivity contribution is 0.317. The van der Waals surface area contributed by atoms with E-state index in [0.29, 0.717) is 23.4 Å². The lowest BCUT2D eigenvalue weighted by atomic mass is 10.2.